The van der Waals surface area contributed by atoms with Crippen molar-refractivity contribution in [1.29, 1.82) is 0 Å². The predicted octanol–water partition coefficient (Wildman–Crippen LogP) is 4.23. The maximum absolute atomic E-state index is 10.7. The Labute approximate surface area is 112 Å². The minimum Gasteiger partial charge on any atom is -0.296 e. The van der Waals surface area contributed by atoms with Gasteiger partial charge in [-0.15, -0.1) is 11.3 Å². The predicted molar refractivity (Wildman–Crippen MR) is 76.4 cm³/mol. The topological polar surface area (TPSA) is 30.0 Å². The molecule has 1 aromatic heterocycles. The summed E-state index contributed by atoms with van der Waals surface area (Å²) in [6.45, 7) is 8.66. The number of carbonyl (C=O) groups is 1. The molecule has 0 N–H and O–H groups in total. The maximum atomic E-state index is 10.7. The molecule has 2 rings (SSSR count). The van der Waals surface area contributed by atoms with Gasteiger partial charge in [0, 0.05) is 10.9 Å². The van der Waals surface area contributed by atoms with Gasteiger partial charge in [0.2, 0.25) is 0 Å². The number of aryl methyl sites for hydroxylation is 1. The summed E-state index contributed by atoms with van der Waals surface area (Å²) in [6.07, 6.45) is 0.795. The number of rotatable bonds is 2. The van der Waals surface area contributed by atoms with Crippen LogP contribution in [0.4, 0.5) is 0 Å². The van der Waals surface area contributed by atoms with Gasteiger partial charge in [0.1, 0.15) is 10.7 Å². The molecule has 0 saturated carbocycles. The highest BCUT2D eigenvalue weighted by Crippen LogP contribution is 2.31. The number of thiazole rings is 1. The van der Waals surface area contributed by atoms with Gasteiger partial charge in [-0.25, -0.2) is 4.98 Å². The summed E-state index contributed by atoms with van der Waals surface area (Å²) < 4.78 is 0. The quantitative estimate of drug-likeness (QED) is 0.755. The van der Waals surface area contributed by atoms with E-state index in [0.717, 1.165) is 16.9 Å². The number of carbonyl (C=O) groups excluding carboxylic acids is 1. The lowest BCUT2D eigenvalue weighted by Crippen LogP contribution is -2.11. The number of aromatic nitrogens is 1. The highest BCUT2D eigenvalue weighted by molar-refractivity contribution is 7.13. The third kappa shape index (κ3) is 2.51. The summed E-state index contributed by atoms with van der Waals surface area (Å²) in [5, 5.41) is 2.71. The fraction of sp³-hybridized carbons (Fsp3) is 0.333. The lowest BCUT2D eigenvalue weighted by atomic mass is 9.85. The molecule has 1 aromatic carbocycles. The molecule has 18 heavy (non-hydrogen) atoms. The second-order valence-corrected chi connectivity index (χ2v) is 6.33. The smallest absolute Gasteiger partial charge is 0.169 e. The number of nitrogens with zero attached hydrogens (tertiary/aromatic N) is 1. The molecule has 0 unspecified atom stereocenters. The fourth-order valence-electron chi connectivity index (χ4n) is 1.78. The largest absolute Gasteiger partial charge is 0.296 e. The standard InChI is InChI=1S/C15H17NOS/c1-10-5-6-11(15(2,3)4)7-13(10)14-16-12(8-17)9-18-14/h5-9H,1-4H3. The van der Waals surface area contributed by atoms with Crippen LogP contribution in [0.1, 0.15) is 42.4 Å². The van der Waals surface area contributed by atoms with Crippen LogP contribution in [-0.2, 0) is 5.41 Å². The van der Waals surface area contributed by atoms with Crippen molar-refractivity contribution in [3.05, 3.63) is 40.4 Å². The van der Waals surface area contributed by atoms with Crippen molar-refractivity contribution in [2.45, 2.75) is 33.1 Å². The van der Waals surface area contributed by atoms with Crippen LogP contribution < -0.4 is 0 Å². The maximum Gasteiger partial charge on any atom is 0.169 e. The van der Waals surface area contributed by atoms with Crippen molar-refractivity contribution in [3.8, 4) is 10.6 Å². The summed E-state index contributed by atoms with van der Waals surface area (Å²) in [5.74, 6) is 0. The zero-order valence-electron chi connectivity index (χ0n) is 11.2. The van der Waals surface area contributed by atoms with E-state index < -0.39 is 0 Å². The van der Waals surface area contributed by atoms with Gasteiger partial charge in [-0.2, -0.15) is 0 Å². The highest BCUT2D eigenvalue weighted by Gasteiger charge is 2.16. The first kappa shape index (κ1) is 13.0. The molecule has 0 radical (unpaired) electrons. The van der Waals surface area contributed by atoms with Gasteiger partial charge >= 0.3 is 0 Å². The molecule has 0 aliphatic rings. The van der Waals surface area contributed by atoms with Crippen molar-refractivity contribution in [2.24, 2.45) is 0 Å². The number of benzene rings is 1. The molecule has 0 atom stereocenters. The van der Waals surface area contributed by atoms with E-state index in [1.165, 1.54) is 22.5 Å². The third-order valence-electron chi connectivity index (χ3n) is 2.98. The van der Waals surface area contributed by atoms with E-state index in [0.29, 0.717) is 5.69 Å². The van der Waals surface area contributed by atoms with E-state index in [2.05, 4.69) is 50.9 Å². The lowest BCUT2D eigenvalue weighted by molar-refractivity contribution is 0.111. The highest BCUT2D eigenvalue weighted by atomic mass is 32.1. The van der Waals surface area contributed by atoms with Gasteiger partial charge in [-0.3, -0.25) is 4.79 Å². The number of hydrogen-bond acceptors (Lipinski definition) is 3. The normalized spacial score (nSPS) is 11.6. The Morgan fingerprint density at radius 3 is 2.56 bits per heavy atom. The van der Waals surface area contributed by atoms with Gasteiger partial charge in [0.15, 0.2) is 6.29 Å². The van der Waals surface area contributed by atoms with Gasteiger partial charge < -0.3 is 0 Å². The first-order chi connectivity index (χ1) is 8.41. The van der Waals surface area contributed by atoms with Crippen LogP contribution in [0.5, 0.6) is 0 Å². The Bertz CT molecular complexity index is 578. The summed E-state index contributed by atoms with van der Waals surface area (Å²) in [7, 11) is 0. The average Bonchev–Trinajstić information content (AvgIpc) is 2.76. The van der Waals surface area contributed by atoms with E-state index in [1.807, 2.05) is 0 Å². The Morgan fingerprint density at radius 1 is 1.28 bits per heavy atom. The molecule has 0 spiro atoms. The number of aldehydes is 1. The van der Waals surface area contributed by atoms with Gasteiger partial charge in [0.25, 0.3) is 0 Å². The first-order valence-electron chi connectivity index (χ1n) is 5.94. The number of hydrogen-bond donors (Lipinski definition) is 0. The Morgan fingerprint density at radius 2 is 2.00 bits per heavy atom. The molecule has 0 aliphatic heterocycles. The zero-order valence-corrected chi connectivity index (χ0v) is 12.0. The molecule has 2 aromatic rings. The Balaban J connectivity index is 2.52. The van der Waals surface area contributed by atoms with E-state index in [4.69, 9.17) is 0 Å². The van der Waals surface area contributed by atoms with Gasteiger partial charge in [-0.05, 0) is 29.5 Å². The van der Waals surface area contributed by atoms with Crippen LogP contribution in [-0.4, -0.2) is 11.3 Å². The molecular formula is C15H17NOS. The molecule has 1 heterocycles. The van der Waals surface area contributed by atoms with Gasteiger partial charge in [-0.1, -0.05) is 32.9 Å². The lowest BCUT2D eigenvalue weighted by Gasteiger charge is -2.20. The molecule has 2 nitrogen and oxygen atoms in total. The SMILES string of the molecule is Cc1ccc(C(C)(C)C)cc1-c1nc(C=O)cs1. The van der Waals surface area contributed by atoms with Crippen LogP contribution >= 0.6 is 11.3 Å². The molecule has 94 valence electrons. The van der Waals surface area contributed by atoms with Crippen LogP contribution in [0, 0.1) is 6.92 Å². The minimum absolute atomic E-state index is 0.118. The third-order valence-corrected chi connectivity index (χ3v) is 3.87. The van der Waals surface area contributed by atoms with E-state index in [9.17, 15) is 4.79 Å². The van der Waals surface area contributed by atoms with E-state index in [-0.39, 0.29) is 5.41 Å². The van der Waals surface area contributed by atoms with Crippen molar-refractivity contribution in [3.63, 3.8) is 0 Å². The summed E-state index contributed by atoms with van der Waals surface area (Å²) in [4.78, 5) is 15.0. The minimum atomic E-state index is 0.118. The van der Waals surface area contributed by atoms with E-state index >= 15 is 0 Å². The Hall–Kier alpha value is -1.48. The van der Waals surface area contributed by atoms with Crippen LogP contribution in [0.2, 0.25) is 0 Å². The molecule has 0 fully saturated rings. The van der Waals surface area contributed by atoms with Crippen molar-refractivity contribution in [2.75, 3.05) is 0 Å². The average molecular weight is 259 g/mol. The first-order valence-corrected chi connectivity index (χ1v) is 6.82. The second kappa shape index (κ2) is 4.65. The Kier molecular flexibility index (Phi) is 3.35. The van der Waals surface area contributed by atoms with Gasteiger partial charge in [0.05, 0.1) is 0 Å². The molecule has 0 bridgehead atoms. The molecule has 0 amide bonds. The van der Waals surface area contributed by atoms with Crippen LogP contribution in [0.25, 0.3) is 10.6 Å². The summed E-state index contributed by atoms with van der Waals surface area (Å²) in [6, 6.07) is 6.47. The summed E-state index contributed by atoms with van der Waals surface area (Å²) in [5.41, 5.74) is 4.23. The molecule has 0 aliphatic carbocycles. The second-order valence-electron chi connectivity index (χ2n) is 5.48. The van der Waals surface area contributed by atoms with Crippen LogP contribution in [0.15, 0.2) is 23.6 Å². The molecule has 3 heteroatoms. The monoisotopic (exact) mass is 259 g/mol. The van der Waals surface area contributed by atoms with Crippen molar-refractivity contribution >= 4 is 17.6 Å². The molecule has 0 saturated heterocycles. The fourth-order valence-corrected chi connectivity index (χ4v) is 2.63. The van der Waals surface area contributed by atoms with Crippen molar-refractivity contribution in [1.82, 2.24) is 4.98 Å². The molecular weight excluding hydrogens is 242 g/mol. The van der Waals surface area contributed by atoms with Crippen molar-refractivity contribution < 1.29 is 4.79 Å². The van der Waals surface area contributed by atoms with Crippen LogP contribution in [0.3, 0.4) is 0 Å². The summed E-state index contributed by atoms with van der Waals surface area (Å²) >= 11 is 1.52. The zero-order chi connectivity index (χ0) is 13.3. The van der Waals surface area contributed by atoms with E-state index in [1.54, 1.807) is 5.38 Å².